The Balaban J connectivity index is 2.48. The van der Waals surface area contributed by atoms with E-state index in [9.17, 15) is 5.21 Å². The molecule has 3 nitrogen and oxygen atoms in total. The van der Waals surface area contributed by atoms with Crippen molar-refractivity contribution in [3.8, 4) is 11.3 Å². The first-order valence-corrected chi connectivity index (χ1v) is 4.40. The number of hydrogen-bond acceptors (Lipinski definition) is 2. The SMILES string of the molecule is Cc1ccc(-c2ccccc2)n[n+]1[O-]. The fourth-order valence-electron chi connectivity index (χ4n) is 1.24. The number of rotatable bonds is 1. The lowest BCUT2D eigenvalue weighted by Gasteiger charge is -2.00. The molecule has 0 aliphatic heterocycles. The molecule has 14 heavy (non-hydrogen) atoms. The second kappa shape index (κ2) is 3.46. The quantitative estimate of drug-likeness (QED) is 0.502. The van der Waals surface area contributed by atoms with Gasteiger partial charge in [0.05, 0.1) is 0 Å². The van der Waals surface area contributed by atoms with Gasteiger partial charge in [-0.15, -0.1) is 0 Å². The van der Waals surface area contributed by atoms with E-state index in [-0.39, 0.29) is 0 Å². The molecule has 0 saturated carbocycles. The predicted molar refractivity (Wildman–Crippen MR) is 53.4 cm³/mol. The van der Waals surface area contributed by atoms with Crippen LogP contribution in [0.1, 0.15) is 5.69 Å². The number of nitrogens with zero attached hydrogens (tertiary/aromatic N) is 2. The Hall–Kier alpha value is -1.90. The molecular weight excluding hydrogens is 176 g/mol. The summed E-state index contributed by atoms with van der Waals surface area (Å²) in [5, 5.41) is 15.1. The average molecular weight is 186 g/mol. The highest BCUT2D eigenvalue weighted by Crippen LogP contribution is 2.13. The van der Waals surface area contributed by atoms with Crippen LogP contribution in [0.15, 0.2) is 42.5 Å². The van der Waals surface area contributed by atoms with Gasteiger partial charge in [0.2, 0.25) is 5.69 Å². The summed E-state index contributed by atoms with van der Waals surface area (Å²) in [6.45, 7) is 1.73. The summed E-state index contributed by atoms with van der Waals surface area (Å²) >= 11 is 0. The molecule has 2 rings (SSSR count). The Morgan fingerprint density at radius 2 is 1.79 bits per heavy atom. The fraction of sp³-hybridized carbons (Fsp3) is 0.0909. The molecule has 0 aliphatic rings. The van der Waals surface area contributed by atoms with Crippen molar-refractivity contribution < 1.29 is 4.85 Å². The molecule has 70 valence electrons. The van der Waals surface area contributed by atoms with Gasteiger partial charge in [0.1, 0.15) is 5.69 Å². The van der Waals surface area contributed by atoms with Gasteiger partial charge in [0.25, 0.3) is 0 Å². The van der Waals surface area contributed by atoms with Crippen LogP contribution in [0.2, 0.25) is 0 Å². The van der Waals surface area contributed by atoms with Crippen molar-refractivity contribution in [1.82, 2.24) is 5.10 Å². The molecule has 1 aromatic carbocycles. The van der Waals surface area contributed by atoms with E-state index >= 15 is 0 Å². The normalized spacial score (nSPS) is 10.1. The summed E-state index contributed by atoms with van der Waals surface area (Å²) < 4.78 is 0. The number of aryl methyl sites for hydroxylation is 1. The number of hydrogen-bond donors (Lipinski definition) is 0. The molecule has 0 spiro atoms. The minimum absolute atomic E-state index is 0.602. The van der Waals surface area contributed by atoms with Crippen molar-refractivity contribution >= 4 is 0 Å². The van der Waals surface area contributed by atoms with Crippen LogP contribution in [0, 0.1) is 12.1 Å². The molecule has 0 unspecified atom stereocenters. The van der Waals surface area contributed by atoms with Crippen molar-refractivity contribution in [3.63, 3.8) is 0 Å². The van der Waals surface area contributed by atoms with E-state index in [2.05, 4.69) is 5.10 Å². The summed E-state index contributed by atoms with van der Waals surface area (Å²) in [5.74, 6) is 0. The highest BCUT2D eigenvalue weighted by Gasteiger charge is 2.04. The smallest absolute Gasteiger partial charge is 0.218 e. The Kier molecular flexibility index (Phi) is 2.14. The molecule has 0 fully saturated rings. The second-order valence-corrected chi connectivity index (χ2v) is 3.10. The van der Waals surface area contributed by atoms with Crippen LogP contribution in [-0.4, -0.2) is 5.10 Å². The maximum Gasteiger partial charge on any atom is 0.218 e. The van der Waals surface area contributed by atoms with Crippen molar-refractivity contribution in [2.75, 3.05) is 0 Å². The van der Waals surface area contributed by atoms with Crippen molar-refractivity contribution in [2.24, 2.45) is 0 Å². The van der Waals surface area contributed by atoms with Gasteiger partial charge in [-0.25, -0.2) is 0 Å². The molecule has 0 amide bonds. The zero-order valence-corrected chi connectivity index (χ0v) is 7.84. The Morgan fingerprint density at radius 1 is 1.07 bits per heavy atom. The van der Waals surface area contributed by atoms with Gasteiger partial charge in [-0.2, -0.15) is 0 Å². The first kappa shape index (κ1) is 8.69. The molecule has 2 aromatic rings. The molecule has 0 radical (unpaired) electrons. The largest absolute Gasteiger partial charge is 0.594 e. The van der Waals surface area contributed by atoms with Crippen molar-refractivity contribution in [1.29, 1.82) is 0 Å². The Morgan fingerprint density at radius 3 is 2.43 bits per heavy atom. The minimum atomic E-state index is 0.602. The van der Waals surface area contributed by atoms with Gasteiger partial charge < -0.3 is 5.21 Å². The third-order valence-corrected chi connectivity index (χ3v) is 2.05. The van der Waals surface area contributed by atoms with E-state index in [0.717, 1.165) is 5.56 Å². The highest BCUT2D eigenvalue weighted by molar-refractivity contribution is 5.57. The maximum atomic E-state index is 11.2. The third kappa shape index (κ3) is 1.57. The van der Waals surface area contributed by atoms with Crippen LogP contribution in [0.5, 0.6) is 0 Å². The summed E-state index contributed by atoms with van der Waals surface area (Å²) in [6, 6.07) is 13.2. The lowest BCUT2D eigenvalue weighted by molar-refractivity contribution is -0.674. The number of aromatic nitrogens is 2. The minimum Gasteiger partial charge on any atom is -0.594 e. The van der Waals surface area contributed by atoms with E-state index in [4.69, 9.17) is 0 Å². The Bertz CT molecular complexity index is 440. The van der Waals surface area contributed by atoms with Gasteiger partial charge >= 0.3 is 0 Å². The lowest BCUT2D eigenvalue weighted by atomic mass is 10.1. The van der Waals surface area contributed by atoms with Gasteiger partial charge in [-0.3, -0.25) is 0 Å². The predicted octanol–water partition coefficient (Wildman–Crippen LogP) is 1.69. The van der Waals surface area contributed by atoms with Crippen LogP contribution in [0.4, 0.5) is 0 Å². The Labute approximate surface area is 82.2 Å². The molecule has 0 N–H and O–H groups in total. The van der Waals surface area contributed by atoms with Crippen LogP contribution in [0.3, 0.4) is 0 Å². The molecule has 0 aliphatic carbocycles. The topological polar surface area (TPSA) is 39.8 Å². The zero-order chi connectivity index (χ0) is 9.97. The molecule has 0 atom stereocenters. The van der Waals surface area contributed by atoms with Gasteiger partial charge in [0.15, 0.2) is 0 Å². The first-order valence-electron chi connectivity index (χ1n) is 4.40. The maximum absolute atomic E-state index is 11.2. The first-order chi connectivity index (χ1) is 6.77. The van der Waals surface area contributed by atoms with Gasteiger partial charge in [-0.1, -0.05) is 35.2 Å². The summed E-state index contributed by atoms with van der Waals surface area (Å²) in [6.07, 6.45) is 0. The fourth-order valence-corrected chi connectivity index (χ4v) is 1.24. The van der Waals surface area contributed by atoms with Crippen LogP contribution >= 0.6 is 0 Å². The summed E-state index contributed by atoms with van der Waals surface area (Å²) in [4.78, 5) is 0.641. The van der Waals surface area contributed by atoms with E-state index in [1.165, 1.54) is 0 Å². The zero-order valence-electron chi connectivity index (χ0n) is 7.84. The van der Waals surface area contributed by atoms with Crippen molar-refractivity contribution in [2.45, 2.75) is 6.92 Å². The second-order valence-electron chi connectivity index (χ2n) is 3.10. The van der Waals surface area contributed by atoms with Crippen LogP contribution < -0.4 is 4.85 Å². The molecule has 1 aromatic heterocycles. The molecule has 0 bridgehead atoms. The standard InChI is InChI=1S/C11H10N2O/c1-9-7-8-11(12-13(9)14)10-5-3-2-4-6-10/h2-8H,1H3. The van der Waals surface area contributed by atoms with Gasteiger partial charge in [0, 0.05) is 23.7 Å². The number of benzene rings is 1. The molecule has 3 heteroatoms. The summed E-state index contributed by atoms with van der Waals surface area (Å²) in [5.41, 5.74) is 2.26. The molecule has 0 saturated heterocycles. The monoisotopic (exact) mass is 186 g/mol. The highest BCUT2D eigenvalue weighted by atomic mass is 16.5. The van der Waals surface area contributed by atoms with E-state index in [1.54, 1.807) is 13.0 Å². The van der Waals surface area contributed by atoms with E-state index < -0.39 is 0 Å². The van der Waals surface area contributed by atoms with Gasteiger partial charge in [-0.05, 0) is 6.07 Å². The van der Waals surface area contributed by atoms with Crippen LogP contribution in [-0.2, 0) is 0 Å². The van der Waals surface area contributed by atoms with E-state index in [0.29, 0.717) is 16.2 Å². The average Bonchev–Trinajstić information content (AvgIpc) is 2.23. The van der Waals surface area contributed by atoms with E-state index in [1.807, 2.05) is 36.4 Å². The van der Waals surface area contributed by atoms with Crippen molar-refractivity contribution in [3.05, 3.63) is 53.4 Å². The molecule has 1 heterocycles. The third-order valence-electron chi connectivity index (χ3n) is 2.05. The van der Waals surface area contributed by atoms with Crippen LogP contribution in [0.25, 0.3) is 11.3 Å². The molecular formula is C11H10N2O. The summed E-state index contributed by atoms with van der Waals surface area (Å²) in [7, 11) is 0. The lowest BCUT2D eigenvalue weighted by Crippen LogP contribution is -2.34.